The third-order valence-corrected chi connectivity index (χ3v) is 3.45. The molecule has 0 unspecified atom stereocenters. The monoisotopic (exact) mass is 279 g/mol. The maximum absolute atomic E-state index is 13.3. The van der Waals surface area contributed by atoms with Crippen molar-refractivity contribution in [3.05, 3.63) is 70.8 Å². The molecule has 102 valence electrons. The van der Waals surface area contributed by atoms with Crippen LogP contribution in [0.3, 0.4) is 0 Å². The molecule has 0 aliphatic rings. The van der Waals surface area contributed by atoms with Gasteiger partial charge in [0.1, 0.15) is 11.5 Å². The Morgan fingerprint density at radius 2 is 1.90 bits per heavy atom. The summed E-state index contributed by atoms with van der Waals surface area (Å²) in [5.74, 6) is -0.317. The van der Waals surface area contributed by atoms with E-state index in [0.717, 1.165) is 5.52 Å². The number of nitrogens with zero attached hydrogens (tertiary/aromatic N) is 2. The molecule has 4 rings (SSSR count). The van der Waals surface area contributed by atoms with Gasteiger partial charge in [-0.15, -0.1) is 0 Å². The Morgan fingerprint density at radius 1 is 1.05 bits per heavy atom. The molecule has 2 heterocycles. The first-order valence-corrected chi connectivity index (χ1v) is 6.49. The molecule has 0 saturated carbocycles. The lowest BCUT2D eigenvalue weighted by molar-refractivity contribution is 0.628. The molecule has 0 spiro atoms. The first-order chi connectivity index (χ1) is 10.2. The maximum atomic E-state index is 13.3. The summed E-state index contributed by atoms with van der Waals surface area (Å²) >= 11 is 0. The molecule has 0 aliphatic heterocycles. The van der Waals surface area contributed by atoms with Crippen LogP contribution < -0.4 is 5.56 Å². The van der Waals surface area contributed by atoms with Crippen molar-refractivity contribution in [1.29, 1.82) is 0 Å². The Labute approximate surface area is 118 Å². The fourth-order valence-corrected chi connectivity index (χ4v) is 2.48. The molecular formula is C16H10FN3O. The zero-order chi connectivity index (χ0) is 14.4. The van der Waals surface area contributed by atoms with Crippen LogP contribution in [0.4, 0.5) is 4.39 Å². The molecule has 0 saturated heterocycles. The van der Waals surface area contributed by atoms with E-state index in [0.29, 0.717) is 22.3 Å². The molecule has 21 heavy (non-hydrogen) atoms. The average molecular weight is 279 g/mol. The van der Waals surface area contributed by atoms with Gasteiger partial charge in [0.25, 0.3) is 5.56 Å². The van der Waals surface area contributed by atoms with E-state index in [1.54, 1.807) is 34.8 Å². The van der Waals surface area contributed by atoms with E-state index in [2.05, 4.69) is 10.1 Å². The Morgan fingerprint density at radius 3 is 2.76 bits per heavy atom. The van der Waals surface area contributed by atoms with Crippen molar-refractivity contribution in [2.45, 2.75) is 0 Å². The highest BCUT2D eigenvalue weighted by molar-refractivity contribution is 5.81. The lowest BCUT2D eigenvalue weighted by atomic mass is 10.1. The first kappa shape index (κ1) is 11.8. The molecule has 0 atom stereocenters. The zero-order valence-electron chi connectivity index (χ0n) is 10.9. The minimum atomic E-state index is -0.317. The van der Waals surface area contributed by atoms with Crippen molar-refractivity contribution in [1.82, 2.24) is 14.6 Å². The standard InChI is InChI=1S/C16H10FN3O/c17-11-5-3-4-10(8-11)13-9-15-18-16(21)12-6-1-2-7-14(12)20(15)19-13/h1-9H,(H,18,21). The highest BCUT2D eigenvalue weighted by Gasteiger charge is 2.09. The van der Waals surface area contributed by atoms with Crippen LogP contribution >= 0.6 is 0 Å². The van der Waals surface area contributed by atoms with Gasteiger partial charge < -0.3 is 4.98 Å². The van der Waals surface area contributed by atoms with E-state index < -0.39 is 0 Å². The number of hydrogen-bond donors (Lipinski definition) is 1. The zero-order valence-corrected chi connectivity index (χ0v) is 10.9. The molecule has 4 aromatic rings. The maximum Gasteiger partial charge on any atom is 0.259 e. The first-order valence-electron chi connectivity index (χ1n) is 6.49. The van der Waals surface area contributed by atoms with Gasteiger partial charge in [0.2, 0.25) is 0 Å². The van der Waals surface area contributed by atoms with E-state index in [1.165, 1.54) is 12.1 Å². The van der Waals surface area contributed by atoms with Crippen LogP contribution in [0.5, 0.6) is 0 Å². The van der Waals surface area contributed by atoms with Crippen molar-refractivity contribution >= 4 is 16.6 Å². The van der Waals surface area contributed by atoms with Crippen LogP contribution in [0.2, 0.25) is 0 Å². The van der Waals surface area contributed by atoms with Gasteiger partial charge in [0, 0.05) is 11.6 Å². The van der Waals surface area contributed by atoms with Gasteiger partial charge >= 0.3 is 0 Å². The lowest BCUT2D eigenvalue weighted by Crippen LogP contribution is -2.09. The van der Waals surface area contributed by atoms with E-state index in [9.17, 15) is 9.18 Å². The van der Waals surface area contributed by atoms with Crippen LogP contribution in [0.1, 0.15) is 0 Å². The third kappa shape index (κ3) is 1.82. The summed E-state index contributed by atoms with van der Waals surface area (Å²) in [7, 11) is 0. The molecule has 0 fully saturated rings. The molecule has 2 aromatic heterocycles. The normalized spacial score (nSPS) is 11.3. The van der Waals surface area contributed by atoms with Crippen molar-refractivity contribution in [3.8, 4) is 11.3 Å². The molecule has 5 heteroatoms. The Bertz CT molecular complexity index is 1030. The largest absolute Gasteiger partial charge is 0.306 e. The lowest BCUT2D eigenvalue weighted by Gasteiger charge is -1.99. The van der Waals surface area contributed by atoms with Gasteiger partial charge in [-0.05, 0) is 24.3 Å². The second-order valence-corrected chi connectivity index (χ2v) is 4.81. The number of benzene rings is 2. The molecule has 4 nitrogen and oxygen atoms in total. The van der Waals surface area contributed by atoms with Crippen LogP contribution in [0.25, 0.3) is 27.8 Å². The van der Waals surface area contributed by atoms with Crippen molar-refractivity contribution in [2.75, 3.05) is 0 Å². The van der Waals surface area contributed by atoms with E-state index >= 15 is 0 Å². The number of fused-ring (bicyclic) bond motifs is 3. The van der Waals surface area contributed by atoms with Crippen LogP contribution in [0, 0.1) is 5.82 Å². The molecule has 0 radical (unpaired) electrons. The van der Waals surface area contributed by atoms with Gasteiger partial charge in [-0.3, -0.25) is 4.79 Å². The molecule has 0 bridgehead atoms. The fourth-order valence-electron chi connectivity index (χ4n) is 2.48. The van der Waals surface area contributed by atoms with Crippen LogP contribution in [0.15, 0.2) is 59.4 Å². The third-order valence-electron chi connectivity index (χ3n) is 3.45. The quantitative estimate of drug-likeness (QED) is 0.582. The van der Waals surface area contributed by atoms with Crippen molar-refractivity contribution < 1.29 is 4.39 Å². The van der Waals surface area contributed by atoms with E-state index in [1.807, 2.05) is 12.1 Å². The minimum Gasteiger partial charge on any atom is -0.306 e. The smallest absolute Gasteiger partial charge is 0.259 e. The fraction of sp³-hybridized carbons (Fsp3) is 0. The number of halogens is 1. The molecule has 0 amide bonds. The number of hydrogen-bond acceptors (Lipinski definition) is 2. The van der Waals surface area contributed by atoms with Crippen LogP contribution in [-0.4, -0.2) is 14.6 Å². The topological polar surface area (TPSA) is 50.2 Å². The van der Waals surface area contributed by atoms with E-state index in [4.69, 9.17) is 0 Å². The summed E-state index contributed by atoms with van der Waals surface area (Å²) in [6, 6.07) is 15.2. The second-order valence-electron chi connectivity index (χ2n) is 4.81. The highest BCUT2D eigenvalue weighted by atomic mass is 19.1. The number of H-pyrrole nitrogens is 1. The Hall–Kier alpha value is -2.95. The molecule has 0 aliphatic carbocycles. The summed E-state index contributed by atoms with van der Waals surface area (Å²) in [5.41, 5.74) is 2.42. The number of aromatic nitrogens is 3. The summed E-state index contributed by atoms with van der Waals surface area (Å²) in [5, 5.41) is 5.04. The summed E-state index contributed by atoms with van der Waals surface area (Å²) in [6.45, 7) is 0. The number of rotatable bonds is 1. The molecule has 2 aromatic carbocycles. The predicted octanol–water partition coefficient (Wildman–Crippen LogP) is 2.98. The van der Waals surface area contributed by atoms with Gasteiger partial charge in [0.05, 0.1) is 16.6 Å². The van der Waals surface area contributed by atoms with Crippen molar-refractivity contribution in [3.63, 3.8) is 0 Å². The minimum absolute atomic E-state index is 0.163. The Balaban J connectivity index is 2.07. The molecular weight excluding hydrogens is 269 g/mol. The summed E-state index contributed by atoms with van der Waals surface area (Å²) in [4.78, 5) is 14.8. The van der Waals surface area contributed by atoms with E-state index in [-0.39, 0.29) is 11.4 Å². The highest BCUT2D eigenvalue weighted by Crippen LogP contribution is 2.21. The summed E-state index contributed by atoms with van der Waals surface area (Å²) in [6.07, 6.45) is 0. The van der Waals surface area contributed by atoms with Gasteiger partial charge in [-0.2, -0.15) is 5.10 Å². The number of nitrogens with one attached hydrogen (secondary N) is 1. The summed E-state index contributed by atoms with van der Waals surface area (Å²) < 4.78 is 15.0. The Kier molecular flexibility index (Phi) is 2.41. The average Bonchev–Trinajstić information content (AvgIpc) is 2.92. The van der Waals surface area contributed by atoms with Gasteiger partial charge in [0.15, 0.2) is 0 Å². The van der Waals surface area contributed by atoms with Gasteiger partial charge in [-0.25, -0.2) is 8.91 Å². The predicted molar refractivity (Wildman–Crippen MR) is 78.7 cm³/mol. The molecule has 1 N–H and O–H groups in total. The van der Waals surface area contributed by atoms with Crippen molar-refractivity contribution in [2.24, 2.45) is 0 Å². The number of aromatic amines is 1. The SMILES string of the molecule is O=c1[nH]c2cc(-c3cccc(F)c3)nn2c2ccccc12. The second kappa shape index (κ2) is 4.28. The van der Waals surface area contributed by atoms with Gasteiger partial charge in [-0.1, -0.05) is 24.3 Å². The van der Waals surface area contributed by atoms with Crippen LogP contribution in [-0.2, 0) is 0 Å². The number of para-hydroxylation sites is 1.